The Bertz CT molecular complexity index is 660. The van der Waals surface area contributed by atoms with Gasteiger partial charge in [-0.3, -0.25) is 4.79 Å². The number of hydrogen-bond acceptors (Lipinski definition) is 4. The minimum Gasteiger partial charge on any atom is -0.300 e. The van der Waals surface area contributed by atoms with Crippen molar-refractivity contribution < 1.29 is 4.79 Å². The molecule has 0 saturated carbocycles. The molecule has 0 aliphatic rings. The lowest BCUT2D eigenvalue weighted by atomic mass is 9.96. The van der Waals surface area contributed by atoms with Crippen LogP contribution >= 0.6 is 11.3 Å². The van der Waals surface area contributed by atoms with Crippen LogP contribution in [0.1, 0.15) is 37.5 Å². The number of carbonyl (C=O) groups is 1. The van der Waals surface area contributed by atoms with E-state index in [1.165, 1.54) is 28.0 Å². The fourth-order valence-electron chi connectivity index (χ4n) is 2.18. The Hall–Kier alpha value is -1.75. The second-order valence-electron chi connectivity index (χ2n) is 6.39. The summed E-state index contributed by atoms with van der Waals surface area (Å²) in [4.78, 5) is 12.0. The van der Waals surface area contributed by atoms with Crippen molar-refractivity contribution in [2.75, 3.05) is 5.32 Å². The maximum absolute atomic E-state index is 12.0. The molecule has 1 amide bonds. The van der Waals surface area contributed by atoms with Crippen LogP contribution in [0, 0.1) is 26.2 Å². The van der Waals surface area contributed by atoms with Crippen LogP contribution in [0.2, 0.25) is 0 Å². The van der Waals surface area contributed by atoms with Crippen LogP contribution in [0.25, 0.3) is 10.6 Å². The molecule has 0 atom stereocenters. The van der Waals surface area contributed by atoms with Gasteiger partial charge in [0.25, 0.3) is 0 Å². The highest BCUT2D eigenvalue weighted by Crippen LogP contribution is 2.32. The molecule has 0 aliphatic carbocycles. The van der Waals surface area contributed by atoms with Crippen molar-refractivity contribution in [1.82, 2.24) is 10.2 Å². The number of anilines is 1. The minimum atomic E-state index is -0.443. The van der Waals surface area contributed by atoms with Crippen molar-refractivity contribution >= 4 is 22.4 Å². The van der Waals surface area contributed by atoms with E-state index in [1.54, 1.807) is 0 Å². The largest absolute Gasteiger partial charge is 0.300 e. The summed E-state index contributed by atoms with van der Waals surface area (Å²) in [6.07, 6.45) is 0. The first-order valence-electron chi connectivity index (χ1n) is 6.91. The molecule has 0 aliphatic heterocycles. The van der Waals surface area contributed by atoms with Gasteiger partial charge in [-0.05, 0) is 31.9 Å². The lowest BCUT2D eigenvalue weighted by Crippen LogP contribution is -2.27. The zero-order chi connectivity index (χ0) is 15.8. The van der Waals surface area contributed by atoms with Crippen LogP contribution in [0.3, 0.4) is 0 Å². The predicted octanol–water partition coefficient (Wildman–Crippen LogP) is 4.11. The second-order valence-corrected chi connectivity index (χ2v) is 7.37. The Labute approximate surface area is 129 Å². The summed E-state index contributed by atoms with van der Waals surface area (Å²) in [5.41, 5.74) is 4.25. The molecule has 4 nitrogen and oxygen atoms in total. The number of carbonyl (C=O) groups excluding carboxylic acids is 1. The summed E-state index contributed by atoms with van der Waals surface area (Å²) in [6, 6.07) is 4.27. The summed E-state index contributed by atoms with van der Waals surface area (Å²) >= 11 is 1.41. The molecule has 5 heteroatoms. The number of nitrogens with one attached hydrogen (secondary N) is 1. The van der Waals surface area contributed by atoms with Gasteiger partial charge in [-0.25, -0.2) is 0 Å². The van der Waals surface area contributed by atoms with Gasteiger partial charge in [-0.15, -0.1) is 10.2 Å². The highest BCUT2D eigenvalue weighted by Gasteiger charge is 2.23. The van der Waals surface area contributed by atoms with Crippen LogP contribution in [0.5, 0.6) is 0 Å². The molecular weight excluding hydrogens is 282 g/mol. The van der Waals surface area contributed by atoms with E-state index in [9.17, 15) is 4.79 Å². The van der Waals surface area contributed by atoms with Crippen molar-refractivity contribution in [1.29, 1.82) is 0 Å². The Balaban J connectivity index is 2.31. The number of aromatic nitrogens is 2. The van der Waals surface area contributed by atoms with Gasteiger partial charge in [0.2, 0.25) is 11.0 Å². The van der Waals surface area contributed by atoms with Crippen LogP contribution in [0.15, 0.2) is 12.1 Å². The smallest absolute Gasteiger partial charge is 0.231 e. The Morgan fingerprint density at radius 1 is 1.10 bits per heavy atom. The normalized spacial score (nSPS) is 11.5. The van der Waals surface area contributed by atoms with E-state index in [-0.39, 0.29) is 5.91 Å². The molecule has 1 N–H and O–H groups in total. The van der Waals surface area contributed by atoms with E-state index in [0.29, 0.717) is 5.13 Å². The van der Waals surface area contributed by atoms with Crippen molar-refractivity contribution in [3.63, 3.8) is 0 Å². The van der Waals surface area contributed by atoms with Crippen molar-refractivity contribution in [3.8, 4) is 10.6 Å². The summed E-state index contributed by atoms with van der Waals surface area (Å²) in [5.74, 6) is -0.0532. The summed E-state index contributed by atoms with van der Waals surface area (Å²) in [5, 5.41) is 12.5. The van der Waals surface area contributed by atoms with Crippen molar-refractivity contribution in [3.05, 3.63) is 28.8 Å². The van der Waals surface area contributed by atoms with Crippen LogP contribution in [-0.2, 0) is 4.79 Å². The van der Waals surface area contributed by atoms with E-state index < -0.39 is 5.41 Å². The first-order chi connectivity index (χ1) is 9.68. The van der Waals surface area contributed by atoms with E-state index in [0.717, 1.165) is 10.6 Å². The molecule has 0 unspecified atom stereocenters. The zero-order valence-electron chi connectivity index (χ0n) is 13.4. The Morgan fingerprint density at radius 3 is 2.19 bits per heavy atom. The number of nitrogens with zero attached hydrogens (tertiary/aromatic N) is 2. The number of rotatable bonds is 2. The van der Waals surface area contributed by atoms with Crippen LogP contribution < -0.4 is 5.32 Å². The van der Waals surface area contributed by atoms with E-state index in [4.69, 9.17) is 0 Å². The molecular formula is C16H21N3OS. The monoisotopic (exact) mass is 303 g/mol. The average Bonchev–Trinajstić information content (AvgIpc) is 2.74. The minimum absolute atomic E-state index is 0.0532. The quantitative estimate of drug-likeness (QED) is 0.908. The van der Waals surface area contributed by atoms with Gasteiger partial charge in [0, 0.05) is 11.0 Å². The fraction of sp³-hybridized carbons (Fsp3) is 0.438. The first-order valence-corrected chi connectivity index (χ1v) is 7.73. The molecule has 0 bridgehead atoms. The molecule has 21 heavy (non-hydrogen) atoms. The van der Waals surface area contributed by atoms with Gasteiger partial charge in [0.1, 0.15) is 5.01 Å². The second kappa shape index (κ2) is 5.56. The zero-order valence-corrected chi connectivity index (χ0v) is 14.2. The summed E-state index contributed by atoms with van der Waals surface area (Å²) in [7, 11) is 0. The van der Waals surface area contributed by atoms with Gasteiger partial charge < -0.3 is 5.32 Å². The fourth-order valence-corrected chi connectivity index (χ4v) is 3.09. The molecule has 2 rings (SSSR count). The predicted molar refractivity (Wildman–Crippen MR) is 87.6 cm³/mol. The maximum atomic E-state index is 12.0. The average molecular weight is 303 g/mol. The van der Waals surface area contributed by atoms with Crippen molar-refractivity contribution in [2.45, 2.75) is 41.5 Å². The molecule has 1 aromatic carbocycles. The van der Waals surface area contributed by atoms with E-state index >= 15 is 0 Å². The molecule has 2 aromatic rings. The SMILES string of the molecule is Cc1cc(C)c(-c2nnc(NC(=O)C(C)(C)C)s2)c(C)c1. The lowest BCUT2D eigenvalue weighted by molar-refractivity contribution is -0.123. The summed E-state index contributed by atoms with van der Waals surface area (Å²) < 4.78 is 0. The Morgan fingerprint density at radius 2 is 1.67 bits per heavy atom. The maximum Gasteiger partial charge on any atom is 0.231 e. The third kappa shape index (κ3) is 3.47. The highest BCUT2D eigenvalue weighted by atomic mass is 32.1. The van der Waals surface area contributed by atoms with Gasteiger partial charge in [0.15, 0.2) is 0 Å². The number of hydrogen-bond donors (Lipinski definition) is 1. The lowest BCUT2D eigenvalue weighted by Gasteiger charge is -2.15. The third-order valence-corrected chi connectivity index (χ3v) is 4.07. The van der Waals surface area contributed by atoms with Gasteiger partial charge in [0.05, 0.1) is 0 Å². The highest BCUT2D eigenvalue weighted by molar-refractivity contribution is 7.18. The molecule has 0 radical (unpaired) electrons. The number of aryl methyl sites for hydroxylation is 3. The van der Waals surface area contributed by atoms with Crippen LogP contribution in [0.4, 0.5) is 5.13 Å². The molecule has 0 fully saturated rings. The third-order valence-electron chi connectivity index (χ3n) is 3.22. The molecule has 0 spiro atoms. The topological polar surface area (TPSA) is 54.9 Å². The van der Waals surface area contributed by atoms with Crippen LogP contribution in [-0.4, -0.2) is 16.1 Å². The van der Waals surface area contributed by atoms with Gasteiger partial charge in [-0.2, -0.15) is 0 Å². The molecule has 1 aromatic heterocycles. The standard InChI is InChI=1S/C16H21N3OS/c1-9-7-10(2)12(11(3)8-9)13-18-19-15(21-13)17-14(20)16(4,5)6/h7-8H,1-6H3,(H,17,19,20). The van der Waals surface area contributed by atoms with Crippen molar-refractivity contribution in [2.24, 2.45) is 5.41 Å². The number of benzene rings is 1. The first kappa shape index (κ1) is 15.6. The molecule has 0 saturated heterocycles. The molecule has 1 heterocycles. The van der Waals surface area contributed by atoms with E-state index in [2.05, 4.69) is 48.4 Å². The van der Waals surface area contributed by atoms with Gasteiger partial charge >= 0.3 is 0 Å². The molecule has 112 valence electrons. The van der Waals surface area contributed by atoms with Gasteiger partial charge in [-0.1, -0.05) is 49.8 Å². The number of amides is 1. The van der Waals surface area contributed by atoms with E-state index in [1.807, 2.05) is 20.8 Å². The Kier molecular flexibility index (Phi) is 4.14. The summed E-state index contributed by atoms with van der Waals surface area (Å²) in [6.45, 7) is 11.8.